The maximum atomic E-state index is 5.02. The summed E-state index contributed by atoms with van der Waals surface area (Å²) in [5, 5.41) is 6.14. The van der Waals surface area contributed by atoms with Gasteiger partial charge in [0.25, 0.3) is 0 Å². The molecule has 51 heavy (non-hydrogen) atoms. The predicted molar refractivity (Wildman–Crippen MR) is 221 cm³/mol. The highest BCUT2D eigenvalue weighted by Gasteiger charge is 2.17. The number of nitrogens with zero attached hydrogens (tertiary/aromatic N) is 2. The maximum absolute atomic E-state index is 5.02. The first-order chi connectivity index (χ1) is 25.2. The van der Waals surface area contributed by atoms with E-state index in [1.807, 2.05) is 11.3 Å². The molecule has 4 heteroatoms. The molecule has 0 unspecified atom stereocenters. The Balaban J connectivity index is 1.06. The van der Waals surface area contributed by atoms with E-state index in [0.717, 1.165) is 27.6 Å². The molecule has 0 aliphatic heterocycles. The molecule has 0 atom stereocenters. The average Bonchev–Trinajstić information content (AvgIpc) is 3.78. The summed E-state index contributed by atoms with van der Waals surface area (Å²) in [6, 6.07) is 65.7. The van der Waals surface area contributed by atoms with Crippen molar-refractivity contribution in [2.45, 2.75) is 0 Å². The van der Waals surface area contributed by atoms with Crippen molar-refractivity contribution in [1.82, 2.24) is 4.98 Å². The third kappa shape index (κ3) is 5.46. The fraction of sp³-hybridized carbons (Fsp3) is 0. The van der Waals surface area contributed by atoms with Crippen molar-refractivity contribution >= 4 is 80.9 Å². The first-order valence-electron chi connectivity index (χ1n) is 17.1. The predicted octanol–water partition coefficient (Wildman–Crippen LogP) is 14.3. The highest BCUT2D eigenvalue weighted by Crippen LogP contribution is 2.43. The summed E-state index contributed by atoms with van der Waals surface area (Å²) in [5.74, 6) is 0. The van der Waals surface area contributed by atoms with Crippen LogP contribution in [-0.2, 0) is 0 Å². The molecule has 2 nitrogen and oxygen atoms in total. The van der Waals surface area contributed by atoms with Crippen LogP contribution in [0.2, 0.25) is 0 Å². The van der Waals surface area contributed by atoms with E-state index < -0.39 is 0 Å². The molecular formula is C47H30N2S2. The van der Waals surface area contributed by atoms with Gasteiger partial charge in [0.1, 0.15) is 5.01 Å². The van der Waals surface area contributed by atoms with Crippen LogP contribution in [0.4, 0.5) is 17.1 Å². The Morgan fingerprint density at radius 3 is 1.65 bits per heavy atom. The molecule has 10 rings (SSSR count). The Bertz CT molecular complexity index is 2840. The van der Waals surface area contributed by atoms with E-state index >= 15 is 0 Å². The fourth-order valence-corrected chi connectivity index (χ4v) is 9.23. The van der Waals surface area contributed by atoms with Gasteiger partial charge in [-0.1, -0.05) is 127 Å². The van der Waals surface area contributed by atoms with E-state index in [2.05, 4.69) is 187 Å². The number of thiazole rings is 1. The number of thiophene rings is 1. The zero-order chi connectivity index (χ0) is 33.7. The van der Waals surface area contributed by atoms with Crippen LogP contribution in [0.5, 0.6) is 0 Å². The van der Waals surface area contributed by atoms with E-state index in [0.29, 0.717) is 0 Å². The molecule has 0 spiro atoms. The zero-order valence-electron chi connectivity index (χ0n) is 27.5. The van der Waals surface area contributed by atoms with Crippen molar-refractivity contribution in [3.05, 3.63) is 182 Å². The molecule has 0 fully saturated rings. The Morgan fingerprint density at radius 2 is 0.922 bits per heavy atom. The molecule has 0 aliphatic carbocycles. The van der Waals surface area contributed by atoms with Crippen LogP contribution in [0.3, 0.4) is 0 Å². The minimum absolute atomic E-state index is 1.06. The monoisotopic (exact) mass is 686 g/mol. The lowest BCUT2D eigenvalue weighted by molar-refractivity contribution is 1.29. The summed E-state index contributed by atoms with van der Waals surface area (Å²) >= 11 is 3.61. The molecule has 0 aliphatic rings. The van der Waals surface area contributed by atoms with Gasteiger partial charge in [-0.15, -0.1) is 22.7 Å². The number of aromatic nitrogens is 1. The molecule has 0 amide bonds. The summed E-state index contributed by atoms with van der Waals surface area (Å²) < 4.78 is 3.75. The van der Waals surface area contributed by atoms with Crippen LogP contribution in [0.1, 0.15) is 0 Å². The molecule has 240 valence electrons. The summed E-state index contributed by atoms with van der Waals surface area (Å²) in [6.45, 7) is 0. The van der Waals surface area contributed by atoms with E-state index in [1.54, 1.807) is 11.3 Å². The third-order valence-corrected chi connectivity index (χ3v) is 11.9. The minimum Gasteiger partial charge on any atom is -0.310 e. The summed E-state index contributed by atoms with van der Waals surface area (Å²) in [4.78, 5) is 7.39. The second kappa shape index (κ2) is 12.4. The molecular weight excluding hydrogens is 657 g/mol. The normalized spacial score (nSPS) is 11.5. The number of rotatable bonds is 6. The van der Waals surface area contributed by atoms with E-state index in [1.165, 1.54) is 63.5 Å². The maximum Gasteiger partial charge on any atom is 0.124 e. The van der Waals surface area contributed by atoms with Gasteiger partial charge < -0.3 is 4.90 Å². The van der Waals surface area contributed by atoms with Gasteiger partial charge in [0, 0.05) is 42.8 Å². The first kappa shape index (κ1) is 29.8. The summed E-state index contributed by atoms with van der Waals surface area (Å²) in [5.41, 5.74) is 10.4. The lowest BCUT2D eigenvalue weighted by Gasteiger charge is -2.26. The number of fused-ring (bicyclic) bond motifs is 5. The quantitative estimate of drug-likeness (QED) is 0.173. The smallest absolute Gasteiger partial charge is 0.124 e. The molecule has 8 aromatic carbocycles. The number of benzene rings is 8. The van der Waals surface area contributed by atoms with Crippen molar-refractivity contribution < 1.29 is 0 Å². The molecule has 0 N–H and O–H groups in total. The van der Waals surface area contributed by atoms with Gasteiger partial charge in [-0.2, -0.15) is 0 Å². The van der Waals surface area contributed by atoms with Gasteiger partial charge in [0.2, 0.25) is 0 Å². The molecule has 0 radical (unpaired) electrons. The topological polar surface area (TPSA) is 16.1 Å². The zero-order valence-corrected chi connectivity index (χ0v) is 29.2. The van der Waals surface area contributed by atoms with Crippen LogP contribution < -0.4 is 4.90 Å². The van der Waals surface area contributed by atoms with Gasteiger partial charge in [-0.3, -0.25) is 0 Å². The van der Waals surface area contributed by atoms with E-state index in [4.69, 9.17) is 4.98 Å². The standard InChI is InChI=1S/C47H30N2S2/c1-3-9-31(10-4-1)33-17-21-38(22-18-33)49(39-23-19-34(20-24-39)37-16-15-32-11-7-8-14-36(32)27-37)40-25-26-41-42-29-46-43(30-45(42)50-44(41)28-40)48-47(51-46)35-12-5-2-6-13-35/h1-30H. The lowest BCUT2D eigenvalue weighted by atomic mass is 10.0. The average molecular weight is 687 g/mol. The van der Waals surface area contributed by atoms with Gasteiger partial charge in [-0.05, 0) is 87.6 Å². The molecule has 0 saturated heterocycles. The van der Waals surface area contributed by atoms with Crippen molar-refractivity contribution in [1.29, 1.82) is 0 Å². The highest BCUT2D eigenvalue weighted by molar-refractivity contribution is 7.26. The van der Waals surface area contributed by atoms with Crippen LogP contribution in [0.25, 0.3) is 74.0 Å². The molecule has 0 bridgehead atoms. The van der Waals surface area contributed by atoms with Gasteiger partial charge in [0.05, 0.1) is 10.2 Å². The minimum atomic E-state index is 1.06. The Kier molecular flexibility index (Phi) is 7.23. The number of hydrogen-bond acceptors (Lipinski definition) is 4. The van der Waals surface area contributed by atoms with Gasteiger partial charge in [-0.25, -0.2) is 4.98 Å². The molecule has 0 saturated carbocycles. The van der Waals surface area contributed by atoms with Crippen molar-refractivity contribution in [2.24, 2.45) is 0 Å². The van der Waals surface area contributed by atoms with Crippen LogP contribution in [0, 0.1) is 0 Å². The lowest BCUT2D eigenvalue weighted by Crippen LogP contribution is -2.09. The second-order valence-corrected chi connectivity index (χ2v) is 15.0. The van der Waals surface area contributed by atoms with Crippen LogP contribution in [-0.4, -0.2) is 4.98 Å². The van der Waals surface area contributed by atoms with Gasteiger partial charge >= 0.3 is 0 Å². The van der Waals surface area contributed by atoms with Gasteiger partial charge in [0.15, 0.2) is 0 Å². The number of hydrogen-bond donors (Lipinski definition) is 0. The molecule has 2 aromatic heterocycles. The summed E-state index contributed by atoms with van der Waals surface area (Å²) in [6.07, 6.45) is 0. The number of anilines is 3. The third-order valence-electron chi connectivity index (χ3n) is 9.68. The highest BCUT2D eigenvalue weighted by atomic mass is 32.1. The largest absolute Gasteiger partial charge is 0.310 e. The van der Waals surface area contributed by atoms with E-state index in [9.17, 15) is 0 Å². The van der Waals surface area contributed by atoms with E-state index in [-0.39, 0.29) is 0 Å². The fourth-order valence-electron chi connectivity index (χ4n) is 7.08. The Morgan fingerprint density at radius 1 is 0.353 bits per heavy atom. The van der Waals surface area contributed by atoms with Crippen molar-refractivity contribution in [2.75, 3.05) is 4.90 Å². The molecule has 10 aromatic rings. The Labute approximate surface area is 304 Å². The van der Waals surface area contributed by atoms with Crippen LogP contribution in [0.15, 0.2) is 182 Å². The van der Waals surface area contributed by atoms with Crippen molar-refractivity contribution in [3.63, 3.8) is 0 Å². The SMILES string of the molecule is c1ccc(-c2ccc(N(c3ccc(-c4ccc5ccccc5c4)cc3)c3ccc4c(c3)sc3cc5nc(-c6ccccc6)sc5cc34)cc2)cc1. The summed E-state index contributed by atoms with van der Waals surface area (Å²) in [7, 11) is 0. The van der Waals surface area contributed by atoms with Crippen molar-refractivity contribution in [3.8, 4) is 32.8 Å². The molecule has 2 heterocycles. The second-order valence-electron chi connectivity index (χ2n) is 12.8. The first-order valence-corrected chi connectivity index (χ1v) is 18.7. The Hall–Kier alpha value is -6.07. The van der Waals surface area contributed by atoms with Crippen LogP contribution >= 0.6 is 22.7 Å².